The molecule has 27 heavy (non-hydrogen) atoms. The van der Waals surface area contributed by atoms with Gasteiger partial charge in [-0.1, -0.05) is 0 Å². The molecule has 0 aliphatic carbocycles. The van der Waals surface area contributed by atoms with Gasteiger partial charge < -0.3 is 4.74 Å². The van der Waals surface area contributed by atoms with E-state index in [1.165, 1.54) is 23.5 Å². The van der Waals surface area contributed by atoms with Gasteiger partial charge in [-0.25, -0.2) is 4.98 Å². The van der Waals surface area contributed by atoms with Gasteiger partial charge in [0.25, 0.3) is 5.69 Å². The second-order valence-corrected chi connectivity index (χ2v) is 6.79. The Bertz CT molecular complexity index is 1150. The minimum absolute atomic E-state index is 0.0416. The zero-order chi connectivity index (χ0) is 18.8. The molecule has 1 N–H and O–H groups in total. The van der Waals surface area contributed by atoms with Gasteiger partial charge >= 0.3 is 0 Å². The zero-order valence-corrected chi connectivity index (χ0v) is 15.1. The summed E-state index contributed by atoms with van der Waals surface area (Å²) in [6.45, 7) is 0. The smallest absolute Gasteiger partial charge is 0.271 e. The normalized spacial score (nSPS) is 11.3. The van der Waals surface area contributed by atoms with E-state index in [0.29, 0.717) is 5.52 Å². The highest BCUT2D eigenvalue weighted by molar-refractivity contribution is 7.19. The lowest BCUT2D eigenvalue weighted by molar-refractivity contribution is -0.384. The Morgan fingerprint density at radius 2 is 2.00 bits per heavy atom. The Morgan fingerprint density at radius 3 is 2.74 bits per heavy atom. The molecule has 8 heteroatoms. The number of H-pyrrole nitrogens is 1. The van der Waals surface area contributed by atoms with Gasteiger partial charge in [-0.2, -0.15) is 5.10 Å². The molecule has 4 rings (SSSR count). The lowest BCUT2D eigenvalue weighted by Crippen LogP contribution is -1.86. The average molecular weight is 378 g/mol. The average Bonchev–Trinajstić information content (AvgIpc) is 3.32. The number of ether oxygens (including phenoxy) is 1. The molecule has 4 aromatic rings. The fourth-order valence-electron chi connectivity index (χ4n) is 2.69. The van der Waals surface area contributed by atoms with Crippen molar-refractivity contribution < 1.29 is 9.66 Å². The van der Waals surface area contributed by atoms with Crippen LogP contribution in [0, 0.1) is 10.1 Å². The molecule has 0 atom stereocenters. The van der Waals surface area contributed by atoms with Crippen LogP contribution in [-0.4, -0.2) is 27.2 Å². The molecule has 0 aliphatic rings. The van der Waals surface area contributed by atoms with E-state index >= 15 is 0 Å². The first kappa shape index (κ1) is 16.9. The maximum atomic E-state index is 10.9. The summed E-state index contributed by atoms with van der Waals surface area (Å²) in [5, 5.41) is 18.8. The van der Waals surface area contributed by atoms with E-state index in [1.807, 2.05) is 36.4 Å². The van der Waals surface area contributed by atoms with Crippen LogP contribution in [0.4, 0.5) is 5.69 Å². The molecular formula is C19H14N4O3S. The molecule has 0 radical (unpaired) electrons. The summed E-state index contributed by atoms with van der Waals surface area (Å²) >= 11 is 1.48. The molecule has 0 saturated heterocycles. The van der Waals surface area contributed by atoms with Gasteiger partial charge in [-0.3, -0.25) is 15.2 Å². The van der Waals surface area contributed by atoms with Crippen LogP contribution in [0.1, 0.15) is 10.6 Å². The minimum atomic E-state index is -0.416. The zero-order valence-electron chi connectivity index (χ0n) is 14.2. The number of methoxy groups -OCH3 is 1. The van der Waals surface area contributed by atoms with Crippen molar-refractivity contribution >= 4 is 39.4 Å². The number of benzene rings is 2. The van der Waals surface area contributed by atoms with E-state index in [9.17, 15) is 10.1 Å². The van der Waals surface area contributed by atoms with E-state index in [-0.39, 0.29) is 5.69 Å². The number of nitrogens with zero attached hydrogens (tertiary/aromatic N) is 3. The fraction of sp³-hybridized carbons (Fsp3) is 0.0526. The molecule has 0 bridgehead atoms. The summed E-state index contributed by atoms with van der Waals surface area (Å²) in [5.41, 5.74) is 3.47. The quantitative estimate of drug-likeness (QED) is 0.399. The third kappa shape index (κ3) is 3.42. The lowest BCUT2D eigenvalue weighted by Gasteiger charge is -2.02. The van der Waals surface area contributed by atoms with Gasteiger partial charge in [0.15, 0.2) is 0 Å². The summed E-state index contributed by atoms with van der Waals surface area (Å²) in [7, 11) is 1.63. The Hall–Kier alpha value is -3.52. The second-order valence-electron chi connectivity index (χ2n) is 5.72. The number of hydrogen-bond acceptors (Lipinski definition) is 6. The van der Waals surface area contributed by atoms with Crippen molar-refractivity contribution in [3.8, 4) is 17.0 Å². The van der Waals surface area contributed by atoms with Crippen molar-refractivity contribution in [2.24, 2.45) is 0 Å². The number of non-ortho nitro benzene ring substituents is 1. The van der Waals surface area contributed by atoms with Crippen LogP contribution in [0.5, 0.6) is 5.75 Å². The Labute approximate surface area is 158 Å². The molecule has 0 fully saturated rings. The van der Waals surface area contributed by atoms with E-state index in [4.69, 9.17) is 4.74 Å². The van der Waals surface area contributed by atoms with Crippen LogP contribution >= 0.6 is 11.3 Å². The standard InChI is InChI=1S/C19H14N4O3S/c1-26-15-6-2-12(3-7-15)19-13(11-20-22-19)4-9-18-21-16-10-14(23(24)25)5-8-17(16)27-18/h2-11H,1H3,(H,20,22). The second kappa shape index (κ2) is 7.00. The highest BCUT2D eigenvalue weighted by Gasteiger charge is 2.10. The number of hydrogen-bond donors (Lipinski definition) is 1. The van der Waals surface area contributed by atoms with E-state index in [1.54, 1.807) is 19.4 Å². The summed E-state index contributed by atoms with van der Waals surface area (Å²) in [6.07, 6.45) is 5.55. The van der Waals surface area contributed by atoms with Crippen LogP contribution in [-0.2, 0) is 0 Å². The largest absolute Gasteiger partial charge is 0.497 e. The number of nitro benzene ring substituents is 1. The summed E-state index contributed by atoms with van der Waals surface area (Å²) in [6, 6.07) is 12.4. The van der Waals surface area contributed by atoms with Crippen LogP contribution < -0.4 is 4.74 Å². The molecule has 7 nitrogen and oxygen atoms in total. The van der Waals surface area contributed by atoms with E-state index < -0.39 is 4.92 Å². The molecule has 134 valence electrons. The molecular weight excluding hydrogens is 364 g/mol. The molecule has 0 saturated carbocycles. The Kier molecular flexibility index (Phi) is 4.39. The van der Waals surface area contributed by atoms with Gasteiger partial charge in [-0.15, -0.1) is 11.3 Å². The Balaban J connectivity index is 1.62. The number of aromatic nitrogens is 3. The highest BCUT2D eigenvalue weighted by atomic mass is 32.1. The van der Waals surface area contributed by atoms with Crippen molar-refractivity contribution in [3.63, 3.8) is 0 Å². The monoisotopic (exact) mass is 378 g/mol. The fourth-order valence-corrected chi connectivity index (χ4v) is 3.54. The number of nitro groups is 1. The first-order chi connectivity index (χ1) is 13.1. The summed E-state index contributed by atoms with van der Waals surface area (Å²) in [5.74, 6) is 0.791. The molecule has 2 aromatic heterocycles. The van der Waals surface area contributed by atoms with Gasteiger partial charge in [0.2, 0.25) is 0 Å². The maximum absolute atomic E-state index is 10.9. The maximum Gasteiger partial charge on any atom is 0.271 e. The highest BCUT2D eigenvalue weighted by Crippen LogP contribution is 2.28. The number of fused-ring (bicyclic) bond motifs is 1. The van der Waals surface area contributed by atoms with Gasteiger partial charge in [0.05, 0.1) is 34.1 Å². The number of thiazole rings is 1. The summed E-state index contributed by atoms with van der Waals surface area (Å²) < 4.78 is 6.09. The number of rotatable bonds is 5. The number of aromatic amines is 1. The van der Waals surface area contributed by atoms with Gasteiger partial charge in [-0.05, 0) is 42.5 Å². The van der Waals surface area contributed by atoms with E-state index in [2.05, 4.69) is 15.2 Å². The lowest BCUT2D eigenvalue weighted by atomic mass is 10.1. The molecule has 0 spiro atoms. The van der Waals surface area contributed by atoms with Crippen LogP contribution in [0.15, 0.2) is 48.7 Å². The van der Waals surface area contributed by atoms with Crippen molar-refractivity contribution in [2.45, 2.75) is 0 Å². The van der Waals surface area contributed by atoms with E-state index in [0.717, 1.165) is 32.3 Å². The van der Waals surface area contributed by atoms with Crippen molar-refractivity contribution in [3.05, 3.63) is 69.3 Å². The van der Waals surface area contributed by atoms with Crippen molar-refractivity contribution in [1.29, 1.82) is 0 Å². The topological polar surface area (TPSA) is 93.9 Å². The van der Waals surface area contributed by atoms with Crippen LogP contribution in [0.3, 0.4) is 0 Å². The molecule has 2 aromatic carbocycles. The molecule has 2 heterocycles. The molecule has 0 aliphatic heterocycles. The van der Waals surface area contributed by atoms with Crippen LogP contribution in [0.25, 0.3) is 33.6 Å². The predicted octanol–water partition coefficient (Wildman–Crippen LogP) is 4.77. The van der Waals surface area contributed by atoms with Gasteiger partial charge in [0, 0.05) is 23.3 Å². The first-order valence-electron chi connectivity index (χ1n) is 8.05. The van der Waals surface area contributed by atoms with Crippen molar-refractivity contribution in [2.75, 3.05) is 7.11 Å². The molecule has 0 unspecified atom stereocenters. The van der Waals surface area contributed by atoms with Gasteiger partial charge in [0.1, 0.15) is 10.8 Å². The SMILES string of the molecule is COc1ccc(-c2[nH]ncc2C=Cc2nc3cc([N+](=O)[O-])ccc3s2)cc1. The predicted molar refractivity (Wildman–Crippen MR) is 106 cm³/mol. The third-order valence-electron chi connectivity index (χ3n) is 4.05. The van der Waals surface area contributed by atoms with Crippen LogP contribution in [0.2, 0.25) is 0 Å². The first-order valence-corrected chi connectivity index (χ1v) is 8.86. The van der Waals surface area contributed by atoms with Crippen molar-refractivity contribution in [1.82, 2.24) is 15.2 Å². The Morgan fingerprint density at radius 1 is 1.19 bits per heavy atom. The third-order valence-corrected chi connectivity index (χ3v) is 5.05. The summed E-state index contributed by atoms with van der Waals surface area (Å²) in [4.78, 5) is 14.9. The molecule has 0 amide bonds. The minimum Gasteiger partial charge on any atom is -0.497 e. The number of nitrogens with one attached hydrogen (secondary N) is 1.